The fraction of sp³-hybridized carbons (Fsp3) is 0. The van der Waals surface area contributed by atoms with Crippen LogP contribution in [0.3, 0.4) is 0 Å². The van der Waals surface area contributed by atoms with Gasteiger partial charge >= 0.3 is 0 Å². The lowest BCUT2D eigenvalue weighted by Gasteiger charge is -2.11. The van der Waals surface area contributed by atoms with Gasteiger partial charge in [0.2, 0.25) is 0 Å². The van der Waals surface area contributed by atoms with E-state index in [9.17, 15) is 0 Å². The fourth-order valence-corrected chi connectivity index (χ4v) is 8.94. The summed E-state index contributed by atoms with van der Waals surface area (Å²) < 4.78 is 14.4. The Morgan fingerprint density at radius 2 is 1.00 bits per heavy atom. The zero-order chi connectivity index (χ0) is 29.9. The number of para-hydroxylation sites is 4. The van der Waals surface area contributed by atoms with Gasteiger partial charge in [-0.25, -0.2) is 0 Å². The van der Waals surface area contributed by atoms with Crippen molar-refractivity contribution in [2.75, 3.05) is 0 Å². The van der Waals surface area contributed by atoms with Crippen molar-refractivity contribution in [3.05, 3.63) is 146 Å². The van der Waals surface area contributed by atoms with Crippen LogP contribution >= 0.6 is 11.3 Å². The quantitative estimate of drug-likeness (QED) is 0.192. The van der Waals surface area contributed by atoms with Crippen LogP contribution in [0.1, 0.15) is 0 Å². The average Bonchev–Trinajstić information content (AvgIpc) is 3.86. The number of fused-ring (bicyclic) bond motifs is 15. The lowest BCUT2D eigenvalue weighted by atomic mass is 10.0. The van der Waals surface area contributed by atoms with E-state index in [2.05, 4.69) is 155 Å². The zero-order valence-corrected chi connectivity index (χ0v) is 25.4. The van der Waals surface area contributed by atoms with Gasteiger partial charge in [-0.1, -0.05) is 91.0 Å². The third-order valence-corrected chi connectivity index (χ3v) is 10.8. The fourth-order valence-electron chi connectivity index (χ4n) is 7.85. The molecule has 0 aliphatic rings. The molecule has 4 heteroatoms. The number of hydrogen-bond donors (Lipinski definition) is 0. The van der Waals surface area contributed by atoms with Crippen LogP contribution in [0.4, 0.5) is 0 Å². The van der Waals surface area contributed by atoms with Gasteiger partial charge in [0.25, 0.3) is 0 Å². The number of rotatable bonds is 2. The van der Waals surface area contributed by atoms with Crippen LogP contribution in [0.25, 0.3) is 97.1 Å². The van der Waals surface area contributed by atoms with Crippen LogP contribution in [0, 0.1) is 0 Å². The molecule has 7 aromatic carbocycles. The predicted octanol–water partition coefficient (Wildman–Crippen LogP) is 12.1. The first-order valence-corrected chi connectivity index (χ1v) is 16.4. The van der Waals surface area contributed by atoms with Crippen LogP contribution in [0.5, 0.6) is 0 Å². The standard InChI is InChI=1S/C42H24N2OS/c1-2-12-25(13-3-1)43-32-18-8-4-15-28(32)37-38-29-16-5-9-19-33(29)44(26-22-23-36-31(24-26)27-14-7-11-21-35(27)46-36)41(38)42-39(40(37)43)30-17-6-10-20-34(30)45-42/h1-24H. The molecule has 0 amide bonds. The van der Waals surface area contributed by atoms with E-state index < -0.39 is 0 Å². The highest BCUT2D eigenvalue weighted by atomic mass is 32.1. The Morgan fingerprint density at radius 3 is 1.78 bits per heavy atom. The number of aromatic nitrogens is 2. The van der Waals surface area contributed by atoms with Crippen molar-refractivity contribution in [3.8, 4) is 11.4 Å². The third kappa shape index (κ3) is 3.06. The number of hydrogen-bond acceptors (Lipinski definition) is 2. The summed E-state index contributed by atoms with van der Waals surface area (Å²) in [6.07, 6.45) is 0. The van der Waals surface area contributed by atoms with Gasteiger partial charge in [-0.05, 0) is 54.6 Å². The maximum Gasteiger partial charge on any atom is 0.162 e. The topological polar surface area (TPSA) is 23.0 Å². The van der Waals surface area contributed by atoms with Gasteiger partial charge in [-0.2, -0.15) is 0 Å². The first-order chi connectivity index (χ1) is 22.8. The maximum atomic E-state index is 6.96. The SMILES string of the molecule is c1ccc(-n2c3ccccc3c3c4c5ccccc5n(-c5ccc6sc7ccccc7c6c5)c4c4oc5ccccc5c4c32)cc1. The molecule has 0 atom stereocenters. The Morgan fingerprint density at radius 1 is 0.413 bits per heavy atom. The van der Waals surface area contributed by atoms with E-state index in [1.165, 1.54) is 58.3 Å². The Kier molecular flexibility index (Phi) is 4.72. The summed E-state index contributed by atoms with van der Waals surface area (Å²) in [4.78, 5) is 0. The van der Waals surface area contributed by atoms with Crippen molar-refractivity contribution in [1.82, 2.24) is 9.13 Å². The number of furan rings is 1. The minimum absolute atomic E-state index is 0.896. The van der Waals surface area contributed by atoms with Crippen LogP contribution in [0.2, 0.25) is 0 Å². The number of benzene rings is 7. The van der Waals surface area contributed by atoms with E-state index in [1.54, 1.807) is 0 Å². The van der Waals surface area contributed by atoms with Crippen LogP contribution < -0.4 is 0 Å². The smallest absolute Gasteiger partial charge is 0.162 e. The van der Waals surface area contributed by atoms with Crippen molar-refractivity contribution >= 4 is 97.1 Å². The van der Waals surface area contributed by atoms with Crippen LogP contribution in [0.15, 0.2) is 150 Å². The molecule has 46 heavy (non-hydrogen) atoms. The van der Waals surface area contributed by atoms with E-state index in [-0.39, 0.29) is 0 Å². The van der Waals surface area contributed by atoms with E-state index >= 15 is 0 Å². The highest BCUT2D eigenvalue weighted by Crippen LogP contribution is 2.49. The second-order valence-corrected chi connectivity index (χ2v) is 13.2. The average molecular weight is 605 g/mol. The molecule has 3 nitrogen and oxygen atoms in total. The Hall–Kier alpha value is -5.84. The largest absolute Gasteiger partial charge is 0.454 e. The van der Waals surface area contributed by atoms with E-state index in [4.69, 9.17) is 4.42 Å². The molecule has 11 rings (SSSR count). The summed E-state index contributed by atoms with van der Waals surface area (Å²) in [5.74, 6) is 0. The molecule has 4 aromatic heterocycles. The molecule has 0 fully saturated rings. The summed E-state index contributed by atoms with van der Waals surface area (Å²) in [6, 6.07) is 52.5. The number of nitrogens with zero attached hydrogens (tertiary/aromatic N) is 2. The van der Waals surface area contributed by atoms with Gasteiger partial charge in [-0.15, -0.1) is 11.3 Å². The molecular formula is C42H24N2OS. The van der Waals surface area contributed by atoms with E-state index in [1.807, 2.05) is 11.3 Å². The van der Waals surface area contributed by atoms with Gasteiger partial charge in [0.05, 0.1) is 27.5 Å². The second-order valence-electron chi connectivity index (χ2n) is 12.1. The molecule has 0 N–H and O–H groups in total. The summed E-state index contributed by atoms with van der Waals surface area (Å²) in [5.41, 5.74) is 8.72. The van der Waals surface area contributed by atoms with E-state index in [0.717, 1.165) is 38.8 Å². The van der Waals surface area contributed by atoms with Crippen molar-refractivity contribution in [2.24, 2.45) is 0 Å². The highest BCUT2D eigenvalue weighted by molar-refractivity contribution is 7.25. The monoisotopic (exact) mass is 604 g/mol. The molecule has 0 radical (unpaired) electrons. The van der Waals surface area contributed by atoms with Crippen molar-refractivity contribution < 1.29 is 4.42 Å². The van der Waals surface area contributed by atoms with Crippen LogP contribution in [-0.2, 0) is 0 Å². The number of thiophene rings is 1. The first kappa shape index (κ1) is 24.5. The van der Waals surface area contributed by atoms with Gasteiger partial charge in [0.1, 0.15) is 5.58 Å². The van der Waals surface area contributed by atoms with Crippen molar-refractivity contribution in [1.29, 1.82) is 0 Å². The molecule has 0 spiro atoms. The predicted molar refractivity (Wildman–Crippen MR) is 195 cm³/mol. The summed E-state index contributed by atoms with van der Waals surface area (Å²) >= 11 is 1.85. The lowest BCUT2D eigenvalue weighted by Crippen LogP contribution is -1.96. The second kappa shape index (κ2) is 8.87. The van der Waals surface area contributed by atoms with Gasteiger partial charge < -0.3 is 13.6 Å². The molecule has 0 bridgehead atoms. The molecule has 0 unspecified atom stereocenters. The van der Waals surface area contributed by atoms with Gasteiger partial charge in [-0.3, -0.25) is 0 Å². The molecule has 0 aliphatic carbocycles. The molecule has 0 saturated carbocycles. The van der Waals surface area contributed by atoms with E-state index in [0.29, 0.717) is 0 Å². The molecule has 4 heterocycles. The Bertz CT molecular complexity index is 3030. The van der Waals surface area contributed by atoms with Gasteiger partial charge in [0, 0.05) is 58.5 Å². The molecule has 214 valence electrons. The molecular weight excluding hydrogens is 581 g/mol. The summed E-state index contributed by atoms with van der Waals surface area (Å²) in [7, 11) is 0. The first-order valence-electron chi connectivity index (χ1n) is 15.6. The molecule has 11 aromatic rings. The highest BCUT2D eigenvalue weighted by Gasteiger charge is 2.27. The van der Waals surface area contributed by atoms with Crippen LogP contribution in [-0.4, -0.2) is 9.13 Å². The Balaban J connectivity index is 1.44. The lowest BCUT2D eigenvalue weighted by molar-refractivity contribution is 0.671. The zero-order valence-electron chi connectivity index (χ0n) is 24.6. The third-order valence-electron chi connectivity index (χ3n) is 9.68. The van der Waals surface area contributed by atoms with Crippen molar-refractivity contribution in [3.63, 3.8) is 0 Å². The Labute approximate surface area is 266 Å². The molecule has 0 saturated heterocycles. The maximum absolute atomic E-state index is 6.96. The minimum Gasteiger partial charge on any atom is -0.454 e. The molecule has 0 aliphatic heterocycles. The normalized spacial score (nSPS) is 12.3. The van der Waals surface area contributed by atoms with Gasteiger partial charge in [0.15, 0.2) is 5.58 Å². The minimum atomic E-state index is 0.896. The van der Waals surface area contributed by atoms with Crippen molar-refractivity contribution in [2.45, 2.75) is 0 Å². The summed E-state index contributed by atoms with van der Waals surface area (Å²) in [5, 5.41) is 9.78. The summed E-state index contributed by atoms with van der Waals surface area (Å²) in [6.45, 7) is 0.